The van der Waals surface area contributed by atoms with E-state index < -0.39 is 0 Å². The standard InChI is InChI=1S/C20H30N4O/c1-16(2)24-15-19(13-22-24)17(3)21-14-20(18-7-5-4-6-8-18)23-9-11-25-12-10-23/h4-8,13,15-17,20-21H,9-12,14H2,1-3H3/t17-,20-/m0/s1. The zero-order valence-corrected chi connectivity index (χ0v) is 15.6. The van der Waals surface area contributed by atoms with Crippen LogP contribution in [-0.2, 0) is 4.74 Å². The zero-order valence-electron chi connectivity index (χ0n) is 15.6. The molecule has 0 amide bonds. The molecule has 5 heteroatoms. The van der Waals surface area contributed by atoms with Crippen LogP contribution in [0.1, 0.15) is 50.0 Å². The molecule has 1 saturated heterocycles. The molecule has 1 aliphatic heterocycles. The number of hydrogen-bond acceptors (Lipinski definition) is 4. The first-order chi connectivity index (χ1) is 12.1. The lowest BCUT2D eigenvalue weighted by atomic mass is 10.0. The van der Waals surface area contributed by atoms with Gasteiger partial charge in [0.1, 0.15) is 0 Å². The molecule has 1 fully saturated rings. The van der Waals surface area contributed by atoms with Crippen molar-refractivity contribution in [2.75, 3.05) is 32.8 Å². The fourth-order valence-electron chi connectivity index (χ4n) is 3.29. The summed E-state index contributed by atoms with van der Waals surface area (Å²) < 4.78 is 7.55. The van der Waals surface area contributed by atoms with Crippen LogP contribution in [0.25, 0.3) is 0 Å². The van der Waals surface area contributed by atoms with Gasteiger partial charge in [0, 0.05) is 49.5 Å². The van der Waals surface area contributed by atoms with E-state index in [9.17, 15) is 0 Å². The lowest BCUT2D eigenvalue weighted by Crippen LogP contribution is -2.43. The number of benzene rings is 1. The van der Waals surface area contributed by atoms with Crippen LogP contribution in [0.5, 0.6) is 0 Å². The Kier molecular flexibility index (Phi) is 6.24. The molecule has 2 atom stereocenters. The molecule has 3 rings (SSSR count). The first kappa shape index (κ1) is 18.1. The minimum Gasteiger partial charge on any atom is -0.379 e. The quantitative estimate of drug-likeness (QED) is 0.839. The van der Waals surface area contributed by atoms with Gasteiger partial charge in [0.05, 0.1) is 19.4 Å². The Morgan fingerprint density at radius 3 is 2.44 bits per heavy atom. The van der Waals surface area contributed by atoms with E-state index in [4.69, 9.17) is 4.74 Å². The molecule has 0 spiro atoms. The fraction of sp³-hybridized carbons (Fsp3) is 0.550. The number of nitrogens with one attached hydrogen (secondary N) is 1. The average molecular weight is 342 g/mol. The van der Waals surface area contributed by atoms with Gasteiger partial charge in [-0.3, -0.25) is 9.58 Å². The van der Waals surface area contributed by atoms with E-state index in [2.05, 4.69) is 72.6 Å². The monoisotopic (exact) mass is 342 g/mol. The van der Waals surface area contributed by atoms with Gasteiger partial charge in [-0.05, 0) is 26.3 Å². The molecule has 1 aromatic heterocycles. The molecule has 0 radical (unpaired) electrons. The van der Waals surface area contributed by atoms with Crippen molar-refractivity contribution in [1.29, 1.82) is 0 Å². The van der Waals surface area contributed by atoms with Crippen LogP contribution in [-0.4, -0.2) is 47.5 Å². The third-order valence-corrected chi connectivity index (χ3v) is 4.94. The van der Waals surface area contributed by atoms with Crippen molar-refractivity contribution in [3.05, 3.63) is 53.9 Å². The highest BCUT2D eigenvalue weighted by atomic mass is 16.5. The highest BCUT2D eigenvalue weighted by molar-refractivity contribution is 5.20. The van der Waals surface area contributed by atoms with Gasteiger partial charge in [0.2, 0.25) is 0 Å². The summed E-state index contributed by atoms with van der Waals surface area (Å²) >= 11 is 0. The molecule has 0 aliphatic carbocycles. The predicted octanol–water partition coefficient (Wildman–Crippen LogP) is 3.19. The Bertz CT molecular complexity index is 634. The van der Waals surface area contributed by atoms with Gasteiger partial charge in [-0.1, -0.05) is 30.3 Å². The van der Waals surface area contributed by atoms with E-state index in [1.807, 2.05) is 10.9 Å². The third-order valence-electron chi connectivity index (χ3n) is 4.94. The summed E-state index contributed by atoms with van der Waals surface area (Å²) in [5.41, 5.74) is 2.60. The maximum atomic E-state index is 5.53. The van der Waals surface area contributed by atoms with Crippen LogP contribution in [0.3, 0.4) is 0 Å². The molecule has 0 bridgehead atoms. The second-order valence-corrected chi connectivity index (χ2v) is 7.05. The smallest absolute Gasteiger partial charge is 0.0594 e. The number of hydrogen-bond donors (Lipinski definition) is 1. The second kappa shape index (κ2) is 8.61. The van der Waals surface area contributed by atoms with Crippen LogP contribution in [0, 0.1) is 0 Å². The Labute approximate surface area is 151 Å². The third kappa shape index (κ3) is 4.69. The maximum Gasteiger partial charge on any atom is 0.0594 e. The summed E-state index contributed by atoms with van der Waals surface area (Å²) in [5, 5.41) is 8.17. The SMILES string of the molecule is CC(C)n1cc([C@H](C)NC[C@@H](c2ccccc2)N2CCOCC2)cn1. The summed E-state index contributed by atoms with van der Waals surface area (Å²) in [5.74, 6) is 0. The normalized spacial score (nSPS) is 18.4. The topological polar surface area (TPSA) is 42.3 Å². The Hall–Kier alpha value is -1.69. The van der Waals surface area contributed by atoms with Crippen molar-refractivity contribution < 1.29 is 4.74 Å². The highest BCUT2D eigenvalue weighted by Gasteiger charge is 2.23. The molecule has 1 aliphatic rings. The van der Waals surface area contributed by atoms with Crippen LogP contribution < -0.4 is 5.32 Å². The minimum absolute atomic E-state index is 0.278. The molecule has 0 unspecified atom stereocenters. The van der Waals surface area contributed by atoms with E-state index >= 15 is 0 Å². The molecule has 136 valence electrons. The molecular formula is C20H30N4O. The van der Waals surface area contributed by atoms with Crippen molar-refractivity contribution in [2.45, 2.75) is 38.9 Å². The Balaban J connectivity index is 1.67. The molecule has 25 heavy (non-hydrogen) atoms. The van der Waals surface area contributed by atoms with Crippen LogP contribution in [0.2, 0.25) is 0 Å². The zero-order chi connectivity index (χ0) is 17.6. The van der Waals surface area contributed by atoms with Gasteiger partial charge in [-0.2, -0.15) is 5.10 Å². The highest BCUT2D eigenvalue weighted by Crippen LogP contribution is 2.22. The van der Waals surface area contributed by atoms with Crippen molar-refractivity contribution in [1.82, 2.24) is 20.0 Å². The van der Waals surface area contributed by atoms with E-state index in [1.165, 1.54) is 11.1 Å². The lowest BCUT2D eigenvalue weighted by Gasteiger charge is -2.35. The van der Waals surface area contributed by atoms with E-state index in [1.54, 1.807) is 0 Å². The summed E-state index contributed by atoms with van der Waals surface area (Å²) in [6.07, 6.45) is 4.12. The van der Waals surface area contributed by atoms with Gasteiger partial charge < -0.3 is 10.1 Å². The van der Waals surface area contributed by atoms with E-state index in [0.29, 0.717) is 12.1 Å². The average Bonchev–Trinajstić information content (AvgIpc) is 3.14. The van der Waals surface area contributed by atoms with Crippen molar-refractivity contribution in [3.63, 3.8) is 0 Å². The molecule has 1 aromatic carbocycles. The fourth-order valence-corrected chi connectivity index (χ4v) is 3.29. The molecule has 0 saturated carbocycles. The van der Waals surface area contributed by atoms with Crippen LogP contribution in [0.15, 0.2) is 42.7 Å². The minimum atomic E-state index is 0.278. The van der Waals surface area contributed by atoms with Crippen LogP contribution in [0.4, 0.5) is 0 Å². The Morgan fingerprint density at radius 1 is 1.08 bits per heavy atom. The molecule has 2 aromatic rings. The lowest BCUT2D eigenvalue weighted by molar-refractivity contribution is 0.0157. The van der Waals surface area contributed by atoms with Gasteiger partial charge in [-0.25, -0.2) is 0 Å². The second-order valence-electron chi connectivity index (χ2n) is 7.05. The maximum absolute atomic E-state index is 5.53. The predicted molar refractivity (Wildman–Crippen MR) is 101 cm³/mol. The number of morpholine rings is 1. The van der Waals surface area contributed by atoms with Crippen molar-refractivity contribution in [3.8, 4) is 0 Å². The van der Waals surface area contributed by atoms with Gasteiger partial charge in [-0.15, -0.1) is 0 Å². The summed E-state index contributed by atoms with van der Waals surface area (Å²) in [6, 6.07) is 11.8. The molecule has 5 nitrogen and oxygen atoms in total. The number of rotatable bonds is 7. The first-order valence-corrected chi connectivity index (χ1v) is 9.29. The molecule has 2 heterocycles. The van der Waals surface area contributed by atoms with Crippen LogP contribution >= 0.6 is 0 Å². The van der Waals surface area contributed by atoms with E-state index in [-0.39, 0.29) is 6.04 Å². The van der Waals surface area contributed by atoms with Gasteiger partial charge in [0.15, 0.2) is 0 Å². The summed E-state index contributed by atoms with van der Waals surface area (Å²) in [7, 11) is 0. The van der Waals surface area contributed by atoms with Crippen molar-refractivity contribution in [2.24, 2.45) is 0 Å². The summed E-state index contributed by atoms with van der Waals surface area (Å²) in [6.45, 7) is 11.0. The van der Waals surface area contributed by atoms with E-state index in [0.717, 1.165) is 32.8 Å². The largest absolute Gasteiger partial charge is 0.379 e. The number of nitrogens with zero attached hydrogens (tertiary/aromatic N) is 3. The summed E-state index contributed by atoms with van der Waals surface area (Å²) in [4.78, 5) is 2.52. The number of aromatic nitrogens is 2. The molecular weight excluding hydrogens is 312 g/mol. The number of ether oxygens (including phenoxy) is 1. The Morgan fingerprint density at radius 2 is 1.80 bits per heavy atom. The van der Waals surface area contributed by atoms with Gasteiger partial charge in [0.25, 0.3) is 0 Å². The van der Waals surface area contributed by atoms with Crippen molar-refractivity contribution >= 4 is 0 Å². The first-order valence-electron chi connectivity index (χ1n) is 9.29. The van der Waals surface area contributed by atoms with Gasteiger partial charge >= 0.3 is 0 Å². The molecule has 1 N–H and O–H groups in total.